The second kappa shape index (κ2) is 7.13. The fourth-order valence-electron chi connectivity index (χ4n) is 4.84. The molecule has 0 aromatic heterocycles. The second-order valence-electron chi connectivity index (χ2n) is 7.92. The van der Waals surface area contributed by atoms with Gasteiger partial charge < -0.3 is 14.2 Å². The summed E-state index contributed by atoms with van der Waals surface area (Å²) >= 11 is 0. The lowest BCUT2D eigenvalue weighted by Crippen LogP contribution is -2.59. The third-order valence-corrected chi connectivity index (χ3v) is 6.39. The number of hydrogen-bond acceptors (Lipinski definition) is 7. The maximum Gasteiger partial charge on any atom is 0.215 e. The molecule has 31 heavy (non-hydrogen) atoms. The Morgan fingerprint density at radius 1 is 1.03 bits per heavy atom. The summed E-state index contributed by atoms with van der Waals surface area (Å²) in [6, 6.07) is 22.6. The molecular formula is C24H20N4O3. The fourth-order valence-corrected chi connectivity index (χ4v) is 4.84. The van der Waals surface area contributed by atoms with Crippen molar-refractivity contribution in [3.05, 3.63) is 65.7 Å². The molecule has 7 nitrogen and oxygen atoms in total. The van der Waals surface area contributed by atoms with Gasteiger partial charge >= 0.3 is 0 Å². The van der Waals surface area contributed by atoms with Crippen LogP contribution in [0.4, 0.5) is 0 Å². The van der Waals surface area contributed by atoms with E-state index in [0.717, 1.165) is 5.56 Å². The van der Waals surface area contributed by atoms with Crippen molar-refractivity contribution in [2.45, 2.75) is 25.2 Å². The third-order valence-electron chi connectivity index (χ3n) is 6.39. The average molecular weight is 412 g/mol. The largest absolute Gasteiger partial charge is 0.497 e. The number of benzene rings is 2. The Balaban J connectivity index is 1.94. The van der Waals surface area contributed by atoms with Crippen LogP contribution in [0.15, 0.2) is 54.6 Å². The fraction of sp³-hybridized carbons (Fsp3) is 0.333. The lowest BCUT2D eigenvalue weighted by atomic mass is 9.52. The molecule has 2 aliphatic rings. The summed E-state index contributed by atoms with van der Waals surface area (Å²) < 4.78 is 17.4. The minimum absolute atomic E-state index is 0.309. The van der Waals surface area contributed by atoms with Crippen molar-refractivity contribution in [3.8, 4) is 24.0 Å². The predicted molar refractivity (Wildman–Crippen MR) is 109 cm³/mol. The third kappa shape index (κ3) is 2.63. The van der Waals surface area contributed by atoms with Crippen molar-refractivity contribution < 1.29 is 14.2 Å². The number of nitrogens with zero attached hydrogens (tertiary/aromatic N) is 3. The standard InChI is InChI=1S/C24H20N4O3/c1-22-19(11-16-7-4-3-5-8-16)24(15-27,21(28)31-22)23(13-25,14-26)20(30-22)17-9-6-10-18(12-17)29-2/h3-10,12,19-20,28H,11H2,1-2H3. The molecule has 1 N–H and O–H groups in total. The zero-order valence-electron chi connectivity index (χ0n) is 17.1. The van der Waals surface area contributed by atoms with E-state index in [1.54, 1.807) is 31.2 Å². The highest BCUT2D eigenvalue weighted by Gasteiger charge is 2.79. The van der Waals surface area contributed by atoms with Gasteiger partial charge in [-0.1, -0.05) is 42.5 Å². The van der Waals surface area contributed by atoms with Gasteiger partial charge in [-0.3, -0.25) is 5.41 Å². The van der Waals surface area contributed by atoms with Crippen LogP contribution in [0.1, 0.15) is 24.2 Å². The molecule has 4 unspecified atom stereocenters. The predicted octanol–water partition coefficient (Wildman–Crippen LogP) is 3.89. The molecule has 2 aromatic rings. The maximum atomic E-state index is 10.4. The first-order chi connectivity index (χ1) is 14.9. The zero-order chi connectivity index (χ0) is 22.3. The highest BCUT2D eigenvalue weighted by molar-refractivity contribution is 5.89. The molecule has 154 valence electrons. The van der Waals surface area contributed by atoms with E-state index in [-0.39, 0.29) is 0 Å². The first kappa shape index (κ1) is 20.4. The van der Waals surface area contributed by atoms with Crippen molar-refractivity contribution in [3.63, 3.8) is 0 Å². The van der Waals surface area contributed by atoms with Gasteiger partial charge in [0.15, 0.2) is 5.41 Å². The Labute approximate surface area is 180 Å². The first-order valence-electron chi connectivity index (χ1n) is 9.78. The molecule has 2 bridgehead atoms. The van der Waals surface area contributed by atoms with E-state index in [2.05, 4.69) is 18.2 Å². The molecule has 0 aliphatic carbocycles. The summed E-state index contributed by atoms with van der Waals surface area (Å²) in [6.07, 6.45) is -0.805. The van der Waals surface area contributed by atoms with Gasteiger partial charge in [-0.15, -0.1) is 0 Å². The van der Waals surface area contributed by atoms with E-state index in [0.29, 0.717) is 17.7 Å². The van der Waals surface area contributed by atoms with Crippen molar-refractivity contribution in [2.75, 3.05) is 7.11 Å². The summed E-state index contributed by atoms with van der Waals surface area (Å²) in [7, 11) is 1.51. The highest BCUT2D eigenvalue weighted by Crippen LogP contribution is 2.67. The van der Waals surface area contributed by atoms with Gasteiger partial charge in [-0.05, 0) is 29.7 Å². The maximum absolute atomic E-state index is 10.4. The molecule has 0 amide bonds. The van der Waals surface area contributed by atoms with Gasteiger partial charge in [-0.25, -0.2) is 0 Å². The van der Waals surface area contributed by atoms with Crippen LogP contribution in [0.2, 0.25) is 0 Å². The van der Waals surface area contributed by atoms with E-state index in [9.17, 15) is 15.8 Å². The van der Waals surface area contributed by atoms with E-state index >= 15 is 0 Å². The van der Waals surface area contributed by atoms with Crippen LogP contribution < -0.4 is 4.74 Å². The van der Waals surface area contributed by atoms with Gasteiger partial charge in [0.2, 0.25) is 17.1 Å². The van der Waals surface area contributed by atoms with Crippen LogP contribution in [0, 0.1) is 56.2 Å². The van der Waals surface area contributed by atoms with Crippen LogP contribution in [-0.4, -0.2) is 18.8 Å². The molecular weight excluding hydrogens is 392 g/mol. The molecule has 7 heteroatoms. The van der Waals surface area contributed by atoms with Crippen LogP contribution in [0.25, 0.3) is 0 Å². The minimum Gasteiger partial charge on any atom is -0.497 e. The Morgan fingerprint density at radius 2 is 1.74 bits per heavy atom. The average Bonchev–Trinajstić information content (AvgIpc) is 2.96. The number of ether oxygens (including phenoxy) is 3. The molecule has 0 radical (unpaired) electrons. The Kier molecular flexibility index (Phi) is 4.69. The van der Waals surface area contributed by atoms with Crippen LogP contribution in [0.3, 0.4) is 0 Å². The SMILES string of the molecule is COc1cccc(C2OC3(C)OC(=N)C(C#N)(C3Cc3ccccc3)C2(C#N)C#N)c1. The van der Waals surface area contributed by atoms with E-state index in [4.69, 9.17) is 19.6 Å². The minimum atomic E-state index is -2.00. The summed E-state index contributed by atoms with van der Waals surface area (Å²) in [5.41, 5.74) is -2.41. The summed E-state index contributed by atoms with van der Waals surface area (Å²) in [6.45, 7) is 1.67. The van der Waals surface area contributed by atoms with E-state index in [1.807, 2.05) is 30.3 Å². The number of rotatable bonds is 4. The monoisotopic (exact) mass is 412 g/mol. The number of fused-ring (bicyclic) bond motifs is 2. The molecule has 0 saturated carbocycles. The molecule has 2 fully saturated rings. The number of nitrogens with one attached hydrogen (secondary N) is 1. The first-order valence-corrected chi connectivity index (χ1v) is 9.78. The van der Waals surface area contributed by atoms with Crippen LogP contribution >= 0.6 is 0 Å². The molecule has 2 aromatic carbocycles. The van der Waals surface area contributed by atoms with Gasteiger partial charge in [0.05, 0.1) is 31.2 Å². The van der Waals surface area contributed by atoms with E-state index < -0.39 is 34.5 Å². The summed E-state index contributed by atoms with van der Waals surface area (Å²) in [5.74, 6) is -1.99. The molecule has 4 atom stereocenters. The van der Waals surface area contributed by atoms with Crippen molar-refractivity contribution >= 4 is 5.90 Å². The van der Waals surface area contributed by atoms with E-state index in [1.165, 1.54) is 7.11 Å². The highest BCUT2D eigenvalue weighted by atomic mass is 16.7. The molecule has 2 saturated heterocycles. The van der Waals surface area contributed by atoms with Crippen molar-refractivity contribution in [1.29, 1.82) is 21.2 Å². The number of nitriles is 3. The van der Waals surface area contributed by atoms with Crippen molar-refractivity contribution in [2.24, 2.45) is 16.7 Å². The Hall–Kier alpha value is -3.86. The summed E-state index contributed by atoms with van der Waals surface area (Å²) in [5, 5.41) is 39.6. The zero-order valence-corrected chi connectivity index (χ0v) is 17.1. The number of methoxy groups -OCH3 is 1. The van der Waals surface area contributed by atoms with Gasteiger partial charge in [0, 0.05) is 6.92 Å². The summed E-state index contributed by atoms with van der Waals surface area (Å²) in [4.78, 5) is 0. The Morgan fingerprint density at radius 3 is 2.35 bits per heavy atom. The lowest BCUT2D eigenvalue weighted by Gasteiger charge is -2.48. The molecule has 4 rings (SSSR count). The molecule has 0 spiro atoms. The number of hydrogen-bond donors (Lipinski definition) is 1. The van der Waals surface area contributed by atoms with Crippen molar-refractivity contribution in [1.82, 2.24) is 0 Å². The Bertz CT molecular complexity index is 1150. The van der Waals surface area contributed by atoms with Crippen LogP contribution in [0.5, 0.6) is 5.75 Å². The second-order valence-corrected chi connectivity index (χ2v) is 7.92. The quantitative estimate of drug-likeness (QED) is 0.812. The topological polar surface area (TPSA) is 123 Å². The van der Waals surface area contributed by atoms with Gasteiger partial charge in [-0.2, -0.15) is 15.8 Å². The molecule has 2 heterocycles. The normalized spacial score (nSPS) is 30.4. The van der Waals surface area contributed by atoms with Gasteiger partial charge in [0.1, 0.15) is 11.9 Å². The lowest BCUT2D eigenvalue weighted by molar-refractivity contribution is -0.272. The van der Waals surface area contributed by atoms with Gasteiger partial charge in [0.25, 0.3) is 0 Å². The smallest absolute Gasteiger partial charge is 0.215 e. The van der Waals surface area contributed by atoms with Crippen LogP contribution in [-0.2, 0) is 15.9 Å². The molecule has 2 aliphatic heterocycles.